The molecule has 0 unspecified atom stereocenters. The molecule has 0 saturated heterocycles. The highest BCUT2D eigenvalue weighted by Gasteiger charge is 2.05. The summed E-state index contributed by atoms with van der Waals surface area (Å²) in [6.07, 6.45) is 2.89. The van der Waals surface area contributed by atoms with Gasteiger partial charge in [0.15, 0.2) is 0 Å². The Morgan fingerprint density at radius 1 is 1.24 bits per heavy atom. The van der Waals surface area contributed by atoms with Crippen molar-refractivity contribution in [2.24, 2.45) is 0 Å². The molecule has 0 radical (unpaired) electrons. The largest absolute Gasteiger partial charge is 0.481 e. The molecule has 0 aliphatic heterocycles. The third-order valence-electron chi connectivity index (χ3n) is 2.01. The van der Waals surface area contributed by atoms with Crippen LogP contribution in [0.15, 0.2) is 24.3 Å². The summed E-state index contributed by atoms with van der Waals surface area (Å²) in [5, 5.41) is 17.5. The van der Waals surface area contributed by atoms with Crippen LogP contribution in [0, 0.1) is 0 Å². The molecule has 0 aliphatic carbocycles. The summed E-state index contributed by atoms with van der Waals surface area (Å²) in [4.78, 5) is 20.9. The van der Waals surface area contributed by atoms with Gasteiger partial charge in [-0.2, -0.15) is 0 Å². The van der Waals surface area contributed by atoms with Crippen LogP contribution in [0.1, 0.15) is 17.5 Å². The van der Waals surface area contributed by atoms with Crippen LogP contribution in [0.4, 0.5) is 0 Å². The topological polar surface area (TPSA) is 74.6 Å². The molecule has 2 N–H and O–H groups in total. The maximum absolute atomic E-state index is 10.6. The van der Waals surface area contributed by atoms with Crippen LogP contribution in [-0.2, 0) is 16.0 Å². The van der Waals surface area contributed by atoms with E-state index in [1.54, 1.807) is 24.3 Å². The molecule has 4 nitrogen and oxygen atoms in total. The number of hydrogen-bond donors (Lipinski definition) is 2. The van der Waals surface area contributed by atoms with Crippen LogP contribution < -0.4 is 0 Å². The lowest BCUT2D eigenvalue weighted by atomic mass is 10.1. The Hall–Kier alpha value is -1.81. The van der Waals surface area contributed by atoms with Crippen LogP contribution in [0.25, 0.3) is 6.08 Å². The molecule has 1 aromatic rings. The molecule has 0 atom stereocenters. The number of carboxylic acid groups (broad SMARTS) is 2. The van der Waals surface area contributed by atoms with Crippen LogP contribution in [0.2, 0.25) is 5.02 Å². The molecule has 5 heteroatoms. The van der Waals surface area contributed by atoms with Crippen molar-refractivity contribution in [1.82, 2.24) is 0 Å². The minimum absolute atomic E-state index is 0.0725. The predicted octanol–water partition coefficient (Wildman–Crippen LogP) is 2.46. The summed E-state index contributed by atoms with van der Waals surface area (Å²) in [6, 6.07) is 4.93. The van der Waals surface area contributed by atoms with Crippen molar-refractivity contribution in [3.05, 3.63) is 40.4 Å². The van der Waals surface area contributed by atoms with E-state index >= 15 is 0 Å². The van der Waals surface area contributed by atoms with Crippen LogP contribution in [0.5, 0.6) is 0 Å². The Labute approximate surface area is 103 Å². The molecule has 0 aliphatic rings. The molecule has 1 rings (SSSR count). The van der Waals surface area contributed by atoms with Gasteiger partial charge in [0.05, 0.1) is 12.8 Å². The van der Waals surface area contributed by atoms with E-state index in [9.17, 15) is 9.59 Å². The lowest BCUT2D eigenvalue weighted by Gasteiger charge is -2.02. The molecule has 0 fully saturated rings. The van der Waals surface area contributed by atoms with Crippen molar-refractivity contribution in [2.45, 2.75) is 12.8 Å². The quantitative estimate of drug-likeness (QED) is 0.846. The maximum Gasteiger partial charge on any atom is 0.307 e. The Morgan fingerprint density at radius 2 is 1.94 bits per heavy atom. The Morgan fingerprint density at radius 3 is 2.53 bits per heavy atom. The first-order chi connectivity index (χ1) is 7.99. The minimum Gasteiger partial charge on any atom is -0.481 e. The summed E-state index contributed by atoms with van der Waals surface area (Å²) < 4.78 is 0. The first-order valence-electron chi connectivity index (χ1n) is 4.87. The highest BCUT2D eigenvalue weighted by molar-refractivity contribution is 6.31. The van der Waals surface area contributed by atoms with E-state index in [-0.39, 0.29) is 12.8 Å². The molecule has 1 aromatic carbocycles. The SMILES string of the molecule is O=C(O)CC=Cc1ccc(Cl)c(CC(=O)O)c1. The summed E-state index contributed by atoms with van der Waals surface area (Å²) in [5.41, 5.74) is 1.24. The van der Waals surface area contributed by atoms with Gasteiger partial charge in [0.2, 0.25) is 0 Å². The Balaban J connectivity index is 2.84. The third kappa shape index (κ3) is 4.70. The lowest BCUT2D eigenvalue weighted by Crippen LogP contribution is -2.00. The van der Waals surface area contributed by atoms with Gasteiger partial charge >= 0.3 is 11.9 Å². The number of carboxylic acids is 2. The van der Waals surface area contributed by atoms with E-state index in [1.165, 1.54) is 6.08 Å². The van der Waals surface area contributed by atoms with Gasteiger partial charge < -0.3 is 10.2 Å². The lowest BCUT2D eigenvalue weighted by molar-refractivity contribution is -0.137. The van der Waals surface area contributed by atoms with Crippen molar-refractivity contribution in [1.29, 1.82) is 0 Å². The molecule has 0 bridgehead atoms. The normalized spacial score (nSPS) is 10.6. The van der Waals surface area contributed by atoms with Gasteiger partial charge in [-0.1, -0.05) is 29.8 Å². The van der Waals surface area contributed by atoms with Crippen molar-refractivity contribution in [2.75, 3.05) is 0 Å². The second-order valence-electron chi connectivity index (χ2n) is 3.42. The monoisotopic (exact) mass is 254 g/mol. The number of benzene rings is 1. The smallest absolute Gasteiger partial charge is 0.307 e. The summed E-state index contributed by atoms with van der Waals surface area (Å²) >= 11 is 5.84. The fourth-order valence-electron chi connectivity index (χ4n) is 1.29. The Bertz CT molecular complexity index is 466. The van der Waals surface area contributed by atoms with Crippen molar-refractivity contribution >= 4 is 29.6 Å². The molecule has 0 amide bonds. The second-order valence-corrected chi connectivity index (χ2v) is 3.83. The Kier molecular flexibility index (Phi) is 4.72. The molecule has 0 heterocycles. The van der Waals surface area contributed by atoms with Crippen molar-refractivity contribution in [3.8, 4) is 0 Å². The molecule has 0 spiro atoms. The van der Waals surface area contributed by atoms with E-state index in [2.05, 4.69) is 0 Å². The van der Waals surface area contributed by atoms with Gasteiger partial charge in [-0.15, -0.1) is 0 Å². The number of halogens is 1. The zero-order chi connectivity index (χ0) is 12.8. The molecular formula is C12H11ClO4. The van der Waals surface area contributed by atoms with Gasteiger partial charge in [0.25, 0.3) is 0 Å². The third-order valence-corrected chi connectivity index (χ3v) is 2.38. The van der Waals surface area contributed by atoms with E-state index in [0.717, 1.165) is 5.56 Å². The van der Waals surface area contributed by atoms with Gasteiger partial charge in [-0.3, -0.25) is 9.59 Å². The van der Waals surface area contributed by atoms with Crippen LogP contribution in [-0.4, -0.2) is 22.2 Å². The standard InChI is InChI=1S/C12H11ClO4/c13-10-5-4-8(2-1-3-11(14)15)6-9(10)7-12(16)17/h1-2,4-6H,3,7H2,(H,14,15)(H,16,17). The molecule has 90 valence electrons. The fraction of sp³-hybridized carbons (Fsp3) is 0.167. The second kappa shape index (κ2) is 6.06. The average molecular weight is 255 g/mol. The molecular weight excluding hydrogens is 244 g/mol. The molecule has 0 saturated carbocycles. The van der Waals surface area contributed by atoms with Gasteiger partial charge in [-0.25, -0.2) is 0 Å². The first kappa shape index (κ1) is 13.3. The fourth-order valence-corrected chi connectivity index (χ4v) is 1.48. The zero-order valence-electron chi connectivity index (χ0n) is 8.89. The van der Waals surface area contributed by atoms with Crippen molar-refractivity contribution < 1.29 is 19.8 Å². The van der Waals surface area contributed by atoms with Gasteiger partial charge in [0, 0.05) is 5.02 Å². The highest BCUT2D eigenvalue weighted by Crippen LogP contribution is 2.19. The molecule has 17 heavy (non-hydrogen) atoms. The highest BCUT2D eigenvalue weighted by atomic mass is 35.5. The number of aliphatic carboxylic acids is 2. The van der Waals surface area contributed by atoms with E-state index in [0.29, 0.717) is 10.6 Å². The summed E-state index contributed by atoms with van der Waals surface area (Å²) in [7, 11) is 0. The number of carbonyl (C=O) groups is 2. The van der Waals surface area contributed by atoms with Crippen molar-refractivity contribution in [3.63, 3.8) is 0 Å². The summed E-state index contributed by atoms with van der Waals surface area (Å²) in [5.74, 6) is -1.88. The predicted molar refractivity (Wildman–Crippen MR) is 64.1 cm³/mol. The van der Waals surface area contributed by atoms with Gasteiger partial charge in [-0.05, 0) is 23.3 Å². The zero-order valence-corrected chi connectivity index (χ0v) is 9.65. The first-order valence-corrected chi connectivity index (χ1v) is 5.25. The average Bonchev–Trinajstić information content (AvgIpc) is 2.21. The minimum atomic E-state index is -0.960. The summed E-state index contributed by atoms with van der Waals surface area (Å²) in [6.45, 7) is 0. The van der Waals surface area contributed by atoms with E-state index < -0.39 is 11.9 Å². The molecule has 0 aromatic heterocycles. The van der Waals surface area contributed by atoms with Crippen LogP contribution in [0.3, 0.4) is 0 Å². The van der Waals surface area contributed by atoms with E-state index in [1.807, 2.05) is 0 Å². The van der Waals surface area contributed by atoms with E-state index in [4.69, 9.17) is 21.8 Å². The maximum atomic E-state index is 10.6. The van der Waals surface area contributed by atoms with Crippen LogP contribution >= 0.6 is 11.6 Å². The van der Waals surface area contributed by atoms with Gasteiger partial charge in [0.1, 0.15) is 0 Å². The number of rotatable bonds is 5. The number of hydrogen-bond acceptors (Lipinski definition) is 2.